The lowest BCUT2D eigenvalue weighted by Crippen LogP contribution is -1.97. The molecule has 140 valence electrons. The van der Waals surface area contributed by atoms with Crippen LogP contribution in [-0.2, 0) is 0 Å². The summed E-state index contributed by atoms with van der Waals surface area (Å²) in [7, 11) is 0. The second-order valence-electron chi connectivity index (χ2n) is 5.88. The van der Waals surface area contributed by atoms with E-state index in [1.54, 1.807) is 12.3 Å². The fourth-order valence-electron chi connectivity index (χ4n) is 2.39. The maximum atomic E-state index is 10.7. The number of thiophene rings is 1. The van der Waals surface area contributed by atoms with E-state index in [1.807, 2.05) is 24.3 Å². The zero-order valence-electron chi connectivity index (χ0n) is 14.7. The van der Waals surface area contributed by atoms with Gasteiger partial charge in [-0.3, -0.25) is 15.1 Å². The van der Waals surface area contributed by atoms with Gasteiger partial charge in [-0.05, 0) is 43.2 Å². The van der Waals surface area contributed by atoms with Crippen LogP contribution in [0.5, 0.6) is 5.75 Å². The van der Waals surface area contributed by atoms with Crippen molar-refractivity contribution >= 4 is 28.2 Å². The molecule has 26 heavy (non-hydrogen) atoms. The highest BCUT2D eigenvalue weighted by Crippen LogP contribution is 2.24. The van der Waals surface area contributed by atoms with Crippen LogP contribution in [-0.4, -0.2) is 29.5 Å². The van der Waals surface area contributed by atoms with Crippen LogP contribution >= 0.6 is 11.3 Å². The topological polar surface area (TPSA) is 85.0 Å². The molecule has 2 rings (SSSR count). The van der Waals surface area contributed by atoms with E-state index >= 15 is 0 Å². The molecule has 0 aliphatic rings. The lowest BCUT2D eigenvalue weighted by atomic mass is 10.1. The van der Waals surface area contributed by atoms with Crippen molar-refractivity contribution in [2.45, 2.75) is 38.5 Å². The van der Waals surface area contributed by atoms with E-state index in [2.05, 4.69) is 4.99 Å². The standard InChI is InChI=1S/C19H24N2O4S/c22-13-5-3-1-2-4-6-14-25-17-9-7-16(8-10-17)20-15-18-11-12-19(26-18)21(23)24/h7-12,15,22H,1-6,13-14H2. The van der Waals surface area contributed by atoms with Crippen molar-refractivity contribution in [3.8, 4) is 5.75 Å². The number of aliphatic imine (C=N–C) groups is 1. The molecule has 0 bridgehead atoms. The Morgan fingerprint density at radius 2 is 1.73 bits per heavy atom. The van der Waals surface area contributed by atoms with E-state index in [0.29, 0.717) is 6.61 Å². The number of aliphatic hydroxyl groups is 1. The van der Waals surface area contributed by atoms with Crippen molar-refractivity contribution in [1.29, 1.82) is 0 Å². The quantitative estimate of drug-likeness (QED) is 0.241. The Labute approximate surface area is 157 Å². The van der Waals surface area contributed by atoms with Crippen LogP contribution in [0.25, 0.3) is 0 Å². The van der Waals surface area contributed by atoms with E-state index in [4.69, 9.17) is 9.84 Å². The molecule has 0 spiro atoms. The van der Waals surface area contributed by atoms with Crippen molar-refractivity contribution in [3.63, 3.8) is 0 Å². The SMILES string of the molecule is O=[N+]([O-])c1ccc(C=Nc2ccc(OCCCCCCCCO)cc2)s1. The molecule has 6 nitrogen and oxygen atoms in total. The van der Waals surface area contributed by atoms with Gasteiger partial charge < -0.3 is 9.84 Å². The van der Waals surface area contributed by atoms with Crippen LogP contribution in [0.1, 0.15) is 43.4 Å². The van der Waals surface area contributed by atoms with Crippen molar-refractivity contribution in [3.05, 3.63) is 51.4 Å². The average Bonchev–Trinajstić information content (AvgIpc) is 3.12. The number of nitrogens with zero attached hydrogens (tertiary/aromatic N) is 2. The van der Waals surface area contributed by atoms with E-state index in [1.165, 1.54) is 18.9 Å². The second kappa shape index (κ2) is 11.4. The highest BCUT2D eigenvalue weighted by molar-refractivity contribution is 7.16. The number of aliphatic hydroxyl groups excluding tert-OH is 1. The number of rotatable bonds is 12. The predicted octanol–water partition coefficient (Wildman–Crippen LogP) is 5.12. The lowest BCUT2D eigenvalue weighted by molar-refractivity contribution is -0.380. The Morgan fingerprint density at radius 3 is 2.38 bits per heavy atom. The normalized spacial score (nSPS) is 11.1. The third kappa shape index (κ3) is 7.33. The molecule has 0 amide bonds. The van der Waals surface area contributed by atoms with E-state index in [0.717, 1.165) is 53.3 Å². The molecule has 2 aromatic rings. The van der Waals surface area contributed by atoms with Gasteiger partial charge in [-0.2, -0.15) is 0 Å². The van der Waals surface area contributed by atoms with Crippen LogP contribution in [0.4, 0.5) is 10.7 Å². The maximum Gasteiger partial charge on any atom is 0.324 e. The van der Waals surface area contributed by atoms with Gasteiger partial charge in [0.15, 0.2) is 0 Å². The summed E-state index contributed by atoms with van der Waals surface area (Å²) in [5.74, 6) is 0.816. The first-order chi connectivity index (χ1) is 12.7. The van der Waals surface area contributed by atoms with E-state index in [-0.39, 0.29) is 11.6 Å². The zero-order chi connectivity index (χ0) is 18.6. The minimum absolute atomic E-state index is 0.114. The Kier molecular flexibility index (Phi) is 8.78. The third-order valence-corrected chi connectivity index (χ3v) is 4.76. The molecular weight excluding hydrogens is 352 g/mol. The summed E-state index contributed by atoms with van der Waals surface area (Å²) in [4.78, 5) is 15.3. The number of hydrogen-bond acceptors (Lipinski definition) is 6. The van der Waals surface area contributed by atoms with Gasteiger partial charge in [0, 0.05) is 18.9 Å². The van der Waals surface area contributed by atoms with Crippen LogP contribution < -0.4 is 4.74 Å². The molecule has 0 fully saturated rings. The second-order valence-corrected chi connectivity index (χ2v) is 6.97. The first-order valence-corrected chi connectivity index (χ1v) is 9.63. The minimum atomic E-state index is -0.400. The molecule has 0 aliphatic heterocycles. The first kappa shape index (κ1) is 20.1. The van der Waals surface area contributed by atoms with Crippen molar-refractivity contribution < 1.29 is 14.8 Å². The van der Waals surface area contributed by atoms with E-state index in [9.17, 15) is 10.1 Å². The Balaban J connectivity index is 1.69. The number of nitro groups is 1. The largest absolute Gasteiger partial charge is 0.494 e. The summed E-state index contributed by atoms with van der Waals surface area (Å²) in [6, 6.07) is 10.7. The van der Waals surface area contributed by atoms with Crippen molar-refractivity contribution in [2.75, 3.05) is 13.2 Å². The van der Waals surface area contributed by atoms with Crippen LogP contribution in [0.3, 0.4) is 0 Å². The van der Waals surface area contributed by atoms with Gasteiger partial charge in [-0.25, -0.2) is 0 Å². The lowest BCUT2D eigenvalue weighted by Gasteiger charge is -2.06. The number of ether oxygens (including phenoxy) is 1. The summed E-state index contributed by atoms with van der Waals surface area (Å²) >= 11 is 1.10. The predicted molar refractivity (Wildman–Crippen MR) is 105 cm³/mol. The molecule has 0 radical (unpaired) electrons. The van der Waals surface area contributed by atoms with Gasteiger partial charge >= 0.3 is 5.00 Å². The molecule has 1 N–H and O–H groups in total. The van der Waals surface area contributed by atoms with Gasteiger partial charge in [0.25, 0.3) is 0 Å². The summed E-state index contributed by atoms with van der Waals surface area (Å²) in [6.45, 7) is 0.984. The summed E-state index contributed by atoms with van der Waals surface area (Å²) in [6.07, 6.45) is 8.13. The molecule has 0 saturated carbocycles. The Bertz CT molecular complexity index is 698. The zero-order valence-corrected chi connectivity index (χ0v) is 15.5. The van der Waals surface area contributed by atoms with Gasteiger partial charge in [-0.15, -0.1) is 0 Å². The third-order valence-electron chi connectivity index (χ3n) is 3.79. The van der Waals surface area contributed by atoms with Crippen LogP contribution in [0.15, 0.2) is 41.4 Å². The van der Waals surface area contributed by atoms with Crippen molar-refractivity contribution in [1.82, 2.24) is 0 Å². The monoisotopic (exact) mass is 376 g/mol. The molecule has 1 heterocycles. The number of hydrogen-bond donors (Lipinski definition) is 1. The van der Waals surface area contributed by atoms with E-state index < -0.39 is 4.92 Å². The maximum absolute atomic E-state index is 10.7. The molecule has 0 saturated heterocycles. The molecular formula is C19H24N2O4S. The molecule has 0 aliphatic carbocycles. The fourth-order valence-corrected chi connectivity index (χ4v) is 3.08. The minimum Gasteiger partial charge on any atom is -0.494 e. The highest BCUT2D eigenvalue weighted by atomic mass is 32.1. The molecule has 1 aromatic heterocycles. The highest BCUT2D eigenvalue weighted by Gasteiger charge is 2.07. The van der Waals surface area contributed by atoms with Gasteiger partial charge in [0.1, 0.15) is 5.75 Å². The molecule has 0 atom stereocenters. The Hall–Kier alpha value is -2.25. The average molecular weight is 376 g/mol. The molecule has 7 heteroatoms. The fraction of sp³-hybridized carbons (Fsp3) is 0.421. The van der Waals surface area contributed by atoms with Crippen LogP contribution in [0, 0.1) is 10.1 Å². The summed E-state index contributed by atoms with van der Waals surface area (Å²) in [5, 5.41) is 19.5. The number of benzene rings is 1. The van der Waals surface area contributed by atoms with Gasteiger partial charge in [0.2, 0.25) is 0 Å². The Morgan fingerprint density at radius 1 is 1.04 bits per heavy atom. The first-order valence-electron chi connectivity index (χ1n) is 8.81. The smallest absolute Gasteiger partial charge is 0.324 e. The van der Waals surface area contributed by atoms with Gasteiger partial charge in [0.05, 0.1) is 22.1 Å². The summed E-state index contributed by atoms with van der Waals surface area (Å²) in [5.41, 5.74) is 0.775. The van der Waals surface area contributed by atoms with Crippen LogP contribution in [0.2, 0.25) is 0 Å². The molecule has 1 aromatic carbocycles. The molecule has 0 unspecified atom stereocenters. The van der Waals surface area contributed by atoms with Crippen molar-refractivity contribution in [2.24, 2.45) is 4.99 Å². The summed E-state index contributed by atoms with van der Waals surface area (Å²) < 4.78 is 5.72. The number of unbranched alkanes of at least 4 members (excludes halogenated alkanes) is 5. The van der Waals surface area contributed by atoms with Gasteiger partial charge in [-0.1, -0.05) is 37.0 Å².